The second kappa shape index (κ2) is 7.51. The Bertz CT molecular complexity index is 812. The Morgan fingerprint density at radius 3 is 2.62 bits per heavy atom. The van der Waals surface area contributed by atoms with Gasteiger partial charge in [0.05, 0.1) is 11.6 Å². The van der Waals surface area contributed by atoms with Crippen LogP contribution in [0.5, 0.6) is 0 Å². The number of fused-ring (bicyclic) bond motifs is 1. The number of hydrogen-bond donors (Lipinski definition) is 0. The molecular formula is C23H27N3. The monoisotopic (exact) mass is 345 g/mol. The van der Waals surface area contributed by atoms with Crippen molar-refractivity contribution < 1.29 is 0 Å². The van der Waals surface area contributed by atoms with Crippen molar-refractivity contribution in [3.63, 3.8) is 0 Å². The topological polar surface area (TPSA) is 30.3 Å². The molecule has 4 rings (SSSR count). The smallest absolute Gasteiger partial charge is 0.0995 e. The van der Waals surface area contributed by atoms with Crippen LogP contribution >= 0.6 is 0 Å². The molecule has 0 unspecified atom stereocenters. The maximum atomic E-state index is 9.33. The van der Waals surface area contributed by atoms with Gasteiger partial charge < -0.3 is 9.80 Å². The Morgan fingerprint density at radius 1 is 1.04 bits per heavy atom. The first-order chi connectivity index (χ1) is 12.8. The van der Waals surface area contributed by atoms with E-state index in [9.17, 15) is 5.26 Å². The van der Waals surface area contributed by atoms with Crippen LogP contribution in [0.15, 0.2) is 42.5 Å². The number of nitriles is 1. The van der Waals surface area contributed by atoms with Crippen molar-refractivity contribution in [1.82, 2.24) is 4.90 Å². The van der Waals surface area contributed by atoms with E-state index in [0.717, 1.165) is 31.5 Å². The zero-order valence-electron chi connectivity index (χ0n) is 15.6. The molecule has 0 aromatic heterocycles. The van der Waals surface area contributed by atoms with Crippen LogP contribution in [0, 0.1) is 18.3 Å². The molecule has 0 spiro atoms. The van der Waals surface area contributed by atoms with E-state index in [2.05, 4.69) is 53.1 Å². The van der Waals surface area contributed by atoms with Crippen molar-refractivity contribution in [3.8, 4) is 6.07 Å². The first-order valence-corrected chi connectivity index (χ1v) is 9.82. The first kappa shape index (κ1) is 17.1. The van der Waals surface area contributed by atoms with Crippen LogP contribution in [0.3, 0.4) is 0 Å². The third-order valence-corrected chi connectivity index (χ3v) is 6.14. The lowest BCUT2D eigenvalue weighted by Gasteiger charge is -2.38. The van der Waals surface area contributed by atoms with E-state index in [1.54, 1.807) is 0 Å². The molecule has 134 valence electrons. The minimum absolute atomic E-state index is 0.625. The highest BCUT2D eigenvalue weighted by Crippen LogP contribution is 2.34. The number of likely N-dealkylation sites (tertiary alicyclic amines) is 1. The van der Waals surface area contributed by atoms with E-state index >= 15 is 0 Å². The molecule has 3 heteroatoms. The van der Waals surface area contributed by atoms with Crippen LogP contribution in [-0.2, 0) is 12.8 Å². The molecule has 0 bridgehead atoms. The zero-order valence-corrected chi connectivity index (χ0v) is 15.6. The van der Waals surface area contributed by atoms with E-state index in [4.69, 9.17) is 0 Å². The Hall–Kier alpha value is -2.31. The quantitative estimate of drug-likeness (QED) is 0.841. The molecule has 1 saturated heterocycles. The predicted molar refractivity (Wildman–Crippen MR) is 107 cm³/mol. The third kappa shape index (κ3) is 3.34. The van der Waals surface area contributed by atoms with Gasteiger partial charge in [-0.15, -0.1) is 0 Å². The van der Waals surface area contributed by atoms with Crippen LogP contribution < -0.4 is 4.90 Å². The van der Waals surface area contributed by atoms with Crippen molar-refractivity contribution >= 4 is 5.69 Å². The Morgan fingerprint density at radius 2 is 1.85 bits per heavy atom. The number of rotatable bonds is 4. The zero-order chi connectivity index (χ0) is 17.9. The summed E-state index contributed by atoms with van der Waals surface area (Å²) in [6.45, 7) is 6.80. The van der Waals surface area contributed by atoms with Crippen molar-refractivity contribution in [1.29, 1.82) is 5.26 Å². The minimum Gasteiger partial charge on any atom is -0.368 e. The van der Waals surface area contributed by atoms with Crippen LogP contribution in [0.1, 0.15) is 35.1 Å². The lowest BCUT2D eigenvalue weighted by atomic mass is 10.0. The molecule has 0 atom stereocenters. The standard InChI is InChI=1S/C23H27N3/c1-18-5-2-3-6-19(18)9-13-25-14-10-21(11-15-25)26-16-12-22-20(17-24)7-4-8-23(22)26/h2-8,21H,9-16H2,1H3. The van der Waals surface area contributed by atoms with Gasteiger partial charge in [-0.05, 0) is 61.4 Å². The second-order valence-corrected chi connectivity index (χ2v) is 7.61. The van der Waals surface area contributed by atoms with Gasteiger partial charge in [0.15, 0.2) is 0 Å². The fraction of sp³-hybridized carbons (Fsp3) is 0.435. The van der Waals surface area contributed by atoms with Gasteiger partial charge in [0, 0.05) is 37.9 Å². The lowest BCUT2D eigenvalue weighted by Crippen LogP contribution is -2.45. The van der Waals surface area contributed by atoms with E-state index < -0.39 is 0 Å². The number of hydrogen-bond acceptors (Lipinski definition) is 3. The Kier molecular flexibility index (Phi) is 4.95. The molecule has 0 amide bonds. The van der Waals surface area contributed by atoms with Gasteiger partial charge >= 0.3 is 0 Å². The van der Waals surface area contributed by atoms with Crippen molar-refractivity contribution in [2.24, 2.45) is 0 Å². The summed E-state index contributed by atoms with van der Waals surface area (Å²) in [6, 6.07) is 17.9. The minimum atomic E-state index is 0.625. The maximum absolute atomic E-state index is 9.33. The summed E-state index contributed by atoms with van der Waals surface area (Å²) in [5, 5.41) is 9.33. The summed E-state index contributed by atoms with van der Waals surface area (Å²) in [5.74, 6) is 0. The molecule has 0 radical (unpaired) electrons. The SMILES string of the molecule is Cc1ccccc1CCN1CCC(N2CCc3c(C#N)cccc32)CC1. The van der Waals surface area contributed by atoms with Gasteiger partial charge in [-0.3, -0.25) is 0 Å². The molecule has 26 heavy (non-hydrogen) atoms. The molecule has 0 N–H and O–H groups in total. The number of benzene rings is 2. The van der Waals surface area contributed by atoms with E-state index in [1.807, 2.05) is 12.1 Å². The van der Waals surface area contributed by atoms with Crippen molar-refractivity contribution in [2.75, 3.05) is 31.1 Å². The highest BCUT2D eigenvalue weighted by Gasteiger charge is 2.30. The summed E-state index contributed by atoms with van der Waals surface area (Å²) < 4.78 is 0. The Balaban J connectivity index is 1.34. The molecule has 2 heterocycles. The van der Waals surface area contributed by atoms with Gasteiger partial charge in [-0.25, -0.2) is 0 Å². The highest BCUT2D eigenvalue weighted by molar-refractivity contribution is 5.64. The van der Waals surface area contributed by atoms with Crippen LogP contribution in [-0.4, -0.2) is 37.1 Å². The molecule has 3 nitrogen and oxygen atoms in total. The average molecular weight is 345 g/mol. The average Bonchev–Trinajstić information content (AvgIpc) is 3.12. The molecule has 2 aliphatic heterocycles. The third-order valence-electron chi connectivity index (χ3n) is 6.14. The highest BCUT2D eigenvalue weighted by atomic mass is 15.2. The molecule has 2 aromatic rings. The van der Waals surface area contributed by atoms with Crippen molar-refractivity contribution in [2.45, 2.75) is 38.6 Å². The Labute approximate surface area is 156 Å². The van der Waals surface area contributed by atoms with Gasteiger partial charge in [-0.1, -0.05) is 30.3 Å². The normalized spacial score (nSPS) is 17.9. The molecule has 2 aliphatic rings. The van der Waals surface area contributed by atoms with Gasteiger partial charge in [0.25, 0.3) is 0 Å². The molecular weight excluding hydrogens is 318 g/mol. The summed E-state index contributed by atoms with van der Waals surface area (Å²) in [5.41, 5.74) is 6.32. The first-order valence-electron chi connectivity index (χ1n) is 9.82. The largest absolute Gasteiger partial charge is 0.368 e. The number of aryl methyl sites for hydroxylation is 1. The summed E-state index contributed by atoms with van der Waals surface area (Å²) in [7, 11) is 0. The van der Waals surface area contributed by atoms with Crippen molar-refractivity contribution in [3.05, 3.63) is 64.7 Å². The van der Waals surface area contributed by atoms with Gasteiger partial charge in [-0.2, -0.15) is 5.26 Å². The summed E-state index contributed by atoms with van der Waals surface area (Å²) >= 11 is 0. The number of piperidine rings is 1. The van der Waals surface area contributed by atoms with E-state index in [0.29, 0.717) is 6.04 Å². The maximum Gasteiger partial charge on any atom is 0.0995 e. The van der Waals surface area contributed by atoms with Gasteiger partial charge in [0.1, 0.15) is 0 Å². The molecule has 0 aliphatic carbocycles. The summed E-state index contributed by atoms with van der Waals surface area (Å²) in [6.07, 6.45) is 4.62. The van der Waals surface area contributed by atoms with Crippen LogP contribution in [0.2, 0.25) is 0 Å². The number of anilines is 1. The fourth-order valence-corrected chi connectivity index (χ4v) is 4.57. The van der Waals surface area contributed by atoms with E-state index in [1.165, 1.54) is 48.3 Å². The summed E-state index contributed by atoms with van der Waals surface area (Å²) in [4.78, 5) is 5.18. The lowest BCUT2D eigenvalue weighted by molar-refractivity contribution is 0.212. The molecule has 0 saturated carbocycles. The second-order valence-electron chi connectivity index (χ2n) is 7.61. The fourth-order valence-electron chi connectivity index (χ4n) is 4.57. The number of nitrogens with zero attached hydrogens (tertiary/aromatic N) is 3. The van der Waals surface area contributed by atoms with E-state index in [-0.39, 0.29) is 0 Å². The van der Waals surface area contributed by atoms with Crippen LogP contribution in [0.4, 0.5) is 5.69 Å². The van der Waals surface area contributed by atoms with Crippen LogP contribution in [0.25, 0.3) is 0 Å². The predicted octanol–water partition coefficient (Wildman–Crippen LogP) is 3.94. The molecule has 1 fully saturated rings. The van der Waals surface area contributed by atoms with Gasteiger partial charge in [0.2, 0.25) is 0 Å². The molecule has 2 aromatic carbocycles.